The molecule has 0 saturated carbocycles. The summed E-state index contributed by atoms with van der Waals surface area (Å²) >= 11 is 13.9. The van der Waals surface area contributed by atoms with Gasteiger partial charge in [0.05, 0.1) is 22.7 Å². The van der Waals surface area contributed by atoms with Gasteiger partial charge in [0, 0.05) is 61.5 Å². The van der Waals surface area contributed by atoms with E-state index in [-0.39, 0.29) is 22.7 Å². The molecule has 0 amide bonds. The number of hydrogen-bond acceptors (Lipinski definition) is 5. The van der Waals surface area contributed by atoms with E-state index in [9.17, 15) is 10.1 Å². The molecule has 2 unspecified atom stereocenters. The first-order valence-electron chi connectivity index (χ1n) is 13.7. The van der Waals surface area contributed by atoms with Gasteiger partial charge in [-0.25, -0.2) is 0 Å². The highest BCUT2D eigenvalue weighted by Gasteiger charge is 2.43. The molecule has 1 aliphatic rings. The second-order valence-corrected chi connectivity index (χ2v) is 12.3. The number of thiocarbonyl (C=S) groups is 1. The molecule has 7 nitrogen and oxygen atoms in total. The van der Waals surface area contributed by atoms with Crippen LogP contribution in [0.4, 0.5) is 11.4 Å². The molecule has 10 heteroatoms. The quantitative estimate of drug-likeness (QED) is 0.110. The van der Waals surface area contributed by atoms with Gasteiger partial charge in [-0.1, -0.05) is 35.5 Å². The third kappa shape index (κ3) is 5.51. The molecule has 0 aliphatic carbocycles. The van der Waals surface area contributed by atoms with E-state index in [1.807, 2.05) is 42.6 Å². The molecule has 2 aromatic heterocycles. The standard InChI is InChI=1S/C33H28ClN5O2S2/c1-20-21(2)37(26-8-6-7-23(34)19-26)22(3)30(20)32-31(29-9-4-5-18-35-29)36-33(42)38(32)24-10-14-27(15-11-24)43-28-16-12-25(13-17-28)39(40)41/h4-19,31-32H,1-3H3,(H,36,42). The van der Waals surface area contributed by atoms with Crippen LogP contribution in [0.3, 0.4) is 0 Å². The molecule has 1 aliphatic heterocycles. The van der Waals surface area contributed by atoms with Gasteiger partial charge in [0.2, 0.25) is 0 Å². The van der Waals surface area contributed by atoms with E-state index in [1.54, 1.807) is 23.9 Å². The van der Waals surface area contributed by atoms with Gasteiger partial charge >= 0.3 is 0 Å². The van der Waals surface area contributed by atoms with Crippen LogP contribution < -0.4 is 10.2 Å². The molecule has 0 spiro atoms. The maximum atomic E-state index is 11.0. The first-order valence-corrected chi connectivity index (χ1v) is 15.3. The van der Waals surface area contributed by atoms with Crippen LogP contribution in [0.1, 0.15) is 40.3 Å². The van der Waals surface area contributed by atoms with Gasteiger partial charge in [-0.05, 0) is 105 Å². The number of rotatable bonds is 7. The molecular weight excluding hydrogens is 598 g/mol. The van der Waals surface area contributed by atoms with E-state index >= 15 is 0 Å². The van der Waals surface area contributed by atoms with Crippen molar-refractivity contribution < 1.29 is 4.92 Å². The van der Waals surface area contributed by atoms with Crippen molar-refractivity contribution in [2.45, 2.75) is 42.6 Å². The van der Waals surface area contributed by atoms with E-state index in [4.69, 9.17) is 28.8 Å². The Kier molecular flexibility index (Phi) is 7.96. The van der Waals surface area contributed by atoms with Gasteiger partial charge in [-0.2, -0.15) is 0 Å². The minimum atomic E-state index is -0.390. The summed E-state index contributed by atoms with van der Waals surface area (Å²) in [6, 6.07) is 28.4. The van der Waals surface area contributed by atoms with Crippen LogP contribution in [0.5, 0.6) is 0 Å². The first-order chi connectivity index (χ1) is 20.7. The van der Waals surface area contributed by atoms with Crippen molar-refractivity contribution in [2.75, 3.05) is 4.90 Å². The second kappa shape index (κ2) is 11.8. The van der Waals surface area contributed by atoms with Crippen LogP contribution in [-0.2, 0) is 0 Å². The highest BCUT2D eigenvalue weighted by molar-refractivity contribution is 7.99. The molecule has 2 atom stereocenters. The predicted molar refractivity (Wildman–Crippen MR) is 177 cm³/mol. The lowest BCUT2D eigenvalue weighted by atomic mass is 9.93. The Labute approximate surface area is 264 Å². The van der Waals surface area contributed by atoms with E-state index in [0.717, 1.165) is 38.2 Å². The summed E-state index contributed by atoms with van der Waals surface area (Å²) in [5.41, 5.74) is 7.59. The highest BCUT2D eigenvalue weighted by Crippen LogP contribution is 2.46. The number of non-ortho nitro benzene ring substituents is 1. The van der Waals surface area contributed by atoms with Crippen LogP contribution in [0.15, 0.2) is 107 Å². The summed E-state index contributed by atoms with van der Waals surface area (Å²) in [5.74, 6) is 0. The van der Waals surface area contributed by atoms with Crippen LogP contribution in [-0.4, -0.2) is 19.6 Å². The predicted octanol–water partition coefficient (Wildman–Crippen LogP) is 8.69. The summed E-state index contributed by atoms with van der Waals surface area (Å²) in [7, 11) is 0. The summed E-state index contributed by atoms with van der Waals surface area (Å²) in [6.07, 6.45) is 1.81. The molecule has 6 rings (SSSR count). The number of anilines is 1. The van der Waals surface area contributed by atoms with Gasteiger partial charge in [-0.3, -0.25) is 15.1 Å². The topological polar surface area (TPSA) is 76.2 Å². The smallest absolute Gasteiger partial charge is 0.269 e. The van der Waals surface area contributed by atoms with E-state index < -0.39 is 0 Å². The van der Waals surface area contributed by atoms with Crippen molar-refractivity contribution in [2.24, 2.45) is 0 Å². The van der Waals surface area contributed by atoms with Gasteiger partial charge in [0.1, 0.15) is 0 Å². The Hall–Kier alpha value is -4.18. The molecule has 43 heavy (non-hydrogen) atoms. The van der Waals surface area contributed by atoms with Crippen LogP contribution in [0.2, 0.25) is 5.02 Å². The third-order valence-corrected chi connectivity index (χ3v) is 9.43. The first kappa shape index (κ1) is 28.9. The number of benzene rings is 3. The van der Waals surface area contributed by atoms with E-state index in [0.29, 0.717) is 10.1 Å². The zero-order valence-electron chi connectivity index (χ0n) is 23.7. The molecule has 216 valence electrons. The lowest BCUT2D eigenvalue weighted by Gasteiger charge is -2.29. The Morgan fingerprint density at radius 1 is 0.907 bits per heavy atom. The zero-order chi connectivity index (χ0) is 30.2. The lowest BCUT2D eigenvalue weighted by molar-refractivity contribution is -0.384. The van der Waals surface area contributed by atoms with Crippen molar-refractivity contribution >= 4 is 52.1 Å². The normalized spacial score (nSPS) is 16.4. The molecule has 1 N–H and O–H groups in total. The molecule has 1 saturated heterocycles. The molecule has 3 aromatic carbocycles. The Balaban J connectivity index is 1.40. The van der Waals surface area contributed by atoms with Crippen molar-refractivity contribution in [1.82, 2.24) is 14.9 Å². The Morgan fingerprint density at radius 3 is 2.23 bits per heavy atom. The third-order valence-electron chi connectivity index (χ3n) is 7.87. The van der Waals surface area contributed by atoms with Crippen molar-refractivity contribution in [3.63, 3.8) is 0 Å². The van der Waals surface area contributed by atoms with Crippen molar-refractivity contribution in [3.8, 4) is 5.69 Å². The van der Waals surface area contributed by atoms with Crippen molar-refractivity contribution in [1.29, 1.82) is 0 Å². The maximum absolute atomic E-state index is 11.0. The number of pyridine rings is 1. The Bertz CT molecular complexity index is 1830. The summed E-state index contributed by atoms with van der Waals surface area (Å²) in [6.45, 7) is 6.45. The second-order valence-electron chi connectivity index (χ2n) is 10.4. The van der Waals surface area contributed by atoms with Gasteiger partial charge in [0.15, 0.2) is 5.11 Å². The number of nitro benzene ring substituents is 1. The number of aromatic nitrogens is 2. The Morgan fingerprint density at radius 2 is 1.60 bits per heavy atom. The van der Waals surface area contributed by atoms with Crippen LogP contribution in [0.25, 0.3) is 5.69 Å². The molecule has 0 bridgehead atoms. The zero-order valence-corrected chi connectivity index (χ0v) is 26.1. The number of nitro groups is 1. The fourth-order valence-electron chi connectivity index (χ4n) is 5.82. The molecule has 3 heterocycles. The van der Waals surface area contributed by atoms with Gasteiger partial charge < -0.3 is 14.8 Å². The lowest BCUT2D eigenvalue weighted by Crippen LogP contribution is -2.29. The van der Waals surface area contributed by atoms with E-state index in [1.165, 1.54) is 23.3 Å². The summed E-state index contributed by atoms with van der Waals surface area (Å²) in [5, 5.41) is 15.9. The van der Waals surface area contributed by atoms with Crippen LogP contribution in [0, 0.1) is 30.9 Å². The molecule has 1 fully saturated rings. The SMILES string of the molecule is Cc1c(C2C(c3ccccn3)NC(=S)N2c2ccc(Sc3ccc([N+](=O)[O-])cc3)cc2)c(C)n(-c2cccc(Cl)c2)c1C. The average molecular weight is 626 g/mol. The number of nitrogens with zero attached hydrogens (tertiary/aromatic N) is 4. The maximum Gasteiger partial charge on any atom is 0.269 e. The highest BCUT2D eigenvalue weighted by atomic mass is 35.5. The largest absolute Gasteiger partial charge is 0.351 e. The molecular formula is C33H28ClN5O2S2. The minimum Gasteiger partial charge on any atom is -0.351 e. The number of halogens is 1. The van der Waals surface area contributed by atoms with Crippen LogP contribution >= 0.6 is 35.6 Å². The molecule has 0 radical (unpaired) electrons. The van der Waals surface area contributed by atoms with Gasteiger partial charge in [0.25, 0.3) is 5.69 Å². The number of hydrogen-bond donors (Lipinski definition) is 1. The summed E-state index contributed by atoms with van der Waals surface area (Å²) < 4.78 is 2.26. The monoisotopic (exact) mass is 625 g/mol. The fourth-order valence-corrected chi connectivity index (χ4v) is 7.16. The van der Waals surface area contributed by atoms with Gasteiger partial charge in [-0.15, -0.1) is 0 Å². The average Bonchev–Trinajstić information content (AvgIpc) is 3.45. The summed E-state index contributed by atoms with van der Waals surface area (Å²) in [4.78, 5) is 19.5. The minimum absolute atomic E-state index is 0.0771. The fraction of sp³-hybridized carbons (Fsp3) is 0.152. The van der Waals surface area contributed by atoms with E-state index in [2.05, 4.69) is 65.9 Å². The van der Waals surface area contributed by atoms with Crippen molar-refractivity contribution in [3.05, 3.63) is 141 Å². The number of nitrogens with one attached hydrogen (secondary N) is 1. The molecule has 5 aromatic rings.